The Balaban J connectivity index is 1.49. The van der Waals surface area contributed by atoms with E-state index in [9.17, 15) is 10.2 Å². The van der Waals surface area contributed by atoms with Crippen molar-refractivity contribution < 1.29 is 45.5 Å². The van der Waals surface area contributed by atoms with Gasteiger partial charge in [-0.3, -0.25) is 9.05 Å². The molecule has 0 fully saturated rings. The van der Waals surface area contributed by atoms with Crippen LogP contribution in [0.1, 0.15) is 137 Å². The highest BCUT2D eigenvalue weighted by Crippen LogP contribution is 2.46. The van der Waals surface area contributed by atoms with Crippen LogP contribution in [-0.4, -0.2) is 36.6 Å². The van der Waals surface area contributed by atoms with Crippen molar-refractivity contribution in [2.24, 2.45) is 0 Å². The van der Waals surface area contributed by atoms with Crippen molar-refractivity contribution in [1.29, 1.82) is 0 Å². The topological polar surface area (TPSA) is 130 Å². The first kappa shape index (κ1) is 46.6. The summed E-state index contributed by atoms with van der Waals surface area (Å²) in [6.07, 6.45) is -0.304. The number of methoxy groups -OCH3 is 2. The molecule has 2 atom stereocenters. The summed E-state index contributed by atoms with van der Waals surface area (Å²) in [5, 5.41) is 24.0. The highest BCUT2D eigenvalue weighted by molar-refractivity contribution is 7.32. The Morgan fingerprint density at radius 2 is 0.738 bits per heavy atom. The maximum atomic E-state index is 10.4. The van der Waals surface area contributed by atoms with E-state index in [0.29, 0.717) is 40.3 Å². The van der Waals surface area contributed by atoms with E-state index < -0.39 is 16.5 Å². The van der Waals surface area contributed by atoms with E-state index in [1.807, 2.05) is 62.4 Å². The van der Waals surface area contributed by atoms with E-state index in [1.54, 1.807) is 14.2 Å². The molecule has 61 heavy (non-hydrogen) atoms. The van der Waals surface area contributed by atoms with Gasteiger partial charge in [-0.1, -0.05) is 83.1 Å². The molecular formula is C49H66O10P2. The van der Waals surface area contributed by atoms with Gasteiger partial charge in [0.25, 0.3) is 0 Å². The van der Waals surface area contributed by atoms with Gasteiger partial charge in [0.05, 0.1) is 39.6 Å². The first-order valence-corrected chi connectivity index (χ1v) is 23.2. The third kappa shape index (κ3) is 10.0. The van der Waals surface area contributed by atoms with Gasteiger partial charge in [0, 0.05) is 50.2 Å². The quantitative estimate of drug-likeness (QED) is 0.137. The van der Waals surface area contributed by atoms with Crippen molar-refractivity contribution >= 4 is 60.4 Å². The Labute approximate surface area is 362 Å². The molecular weight excluding hydrogens is 810 g/mol. The van der Waals surface area contributed by atoms with Gasteiger partial charge in [0.1, 0.15) is 33.8 Å². The number of aliphatic hydroxyl groups is 2. The standard InChI is InChI=1S/C49H66O10P2/c1-28(54-60-56-42-34(18-30(26-50)20-38(42)46(3,4)5)35-19-31(27-51)21-39(43(35)57-60)47(6,7)8)17-29(2)55-61-58-44-36(22-32(52-15)24-40(44)48(9,10)11)37-23-33(53-16)25-41(45(37)59-61)49(12,13)14/h18-25,28-29,50-51H,17,26-27H2,1-16H3/t28-,29-/m1/s1. The lowest BCUT2D eigenvalue weighted by Crippen LogP contribution is -2.21. The number of ether oxygens (including phenoxy) is 2. The fourth-order valence-corrected chi connectivity index (χ4v) is 10.1. The molecule has 0 spiro atoms. The minimum atomic E-state index is -2.00. The van der Waals surface area contributed by atoms with Crippen LogP contribution in [0.2, 0.25) is 0 Å². The molecule has 10 nitrogen and oxygen atoms in total. The van der Waals surface area contributed by atoms with E-state index in [1.165, 1.54) is 0 Å². The summed E-state index contributed by atoms with van der Waals surface area (Å²) in [7, 11) is -0.617. The maximum absolute atomic E-state index is 10.4. The van der Waals surface area contributed by atoms with Gasteiger partial charge in [-0.2, -0.15) is 0 Å². The molecule has 2 N–H and O–H groups in total. The Hall–Kier alpha value is -3.88. The molecule has 2 heterocycles. The predicted octanol–water partition coefficient (Wildman–Crippen LogP) is 13.8. The first-order chi connectivity index (χ1) is 28.4. The van der Waals surface area contributed by atoms with Crippen LogP contribution in [0.15, 0.2) is 65.3 Å². The smallest absolute Gasteiger partial charge is 0.387 e. The summed E-state index contributed by atoms with van der Waals surface area (Å²) >= 11 is 0. The molecule has 0 amide bonds. The summed E-state index contributed by atoms with van der Waals surface area (Å²) < 4.78 is 52.6. The van der Waals surface area contributed by atoms with E-state index in [0.717, 1.165) is 54.9 Å². The lowest BCUT2D eigenvalue weighted by molar-refractivity contribution is 0.184. The summed E-state index contributed by atoms with van der Waals surface area (Å²) in [4.78, 5) is 0. The van der Waals surface area contributed by atoms with E-state index in [4.69, 9.17) is 35.3 Å². The van der Waals surface area contributed by atoms with Gasteiger partial charge in [-0.15, -0.1) is 0 Å². The zero-order chi connectivity index (χ0) is 45.0. The zero-order valence-electron chi connectivity index (χ0n) is 38.9. The van der Waals surface area contributed by atoms with Gasteiger partial charge >= 0.3 is 16.5 Å². The zero-order valence-corrected chi connectivity index (χ0v) is 40.7. The van der Waals surface area contributed by atoms with Crippen LogP contribution in [-0.2, 0) is 34.9 Å². The largest absolute Gasteiger partial charge is 0.497 e. The van der Waals surface area contributed by atoms with Crippen molar-refractivity contribution in [3.05, 3.63) is 81.9 Å². The first-order valence-electron chi connectivity index (χ1n) is 21.0. The minimum Gasteiger partial charge on any atom is -0.497 e. The fourth-order valence-electron chi connectivity index (χ4n) is 7.69. The number of aliphatic hydroxyl groups excluding tert-OH is 2. The van der Waals surface area contributed by atoms with Crippen LogP contribution in [0, 0.1) is 0 Å². The van der Waals surface area contributed by atoms with Crippen LogP contribution < -0.4 is 18.5 Å². The Kier molecular flexibility index (Phi) is 13.3. The van der Waals surface area contributed by atoms with E-state index >= 15 is 0 Å². The number of hydrogen-bond acceptors (Lipinski definition) is 10. The van der Waals surface area contributed by atoms with Crippen LogP contribution in [0.5, 0.6) is 11.5 Å². The fraction of sp³-hybridized carbons (Fsp3) is 0.510. The van der Waals surface area contributed by atoms with Gasteiger partial charge in [0.2, 0.25) is 0 Å². The number of fused-ring (bicyclic) bond motifs is 6. The highest BCUT2D eigenvalue weighted by Gasteiger charge is 2.29. The molecule has 4 aromatic carbocycles. The lowest BCUT2D eigenvalue weighted by Gasteiger charge is -2.22. The molecule has 0 aliphatic carbocycles. The summed E-state index contributed by atoms with van der Waals surface area (Å²) in [5.41, 5.74) is 6.63. The normalized spacial score (nSPS) is 13.9. The van der Waals surface area contributed by atoms with Gasteiger partial charge in [-0.05, 0) is 95.2 Å². The summed E-state index contributed by atoms with van der Waals surface area (Å²) in [6.45, 7) is 29.3. The molecule has 0 aliphatic rings. The van der Waals surface area contributed by atoms with E-state index in [-0.39, 0.29) is 47.1 Å². The number of benzene rings is 4. The second-order valence-electron chi connectivity index (χ2n) is 20.3. The van der Waals surface area contributed by atoms with E-state index in [2.05, 4.69) is 83.1 Å². The molecule has 6 rings (SSSR count). The predicted molar refractivity (Wildman–Crippen MR) is 249 cm³/mol. The highest BCUT2D eigenvalue weighted by atomic mass is 31.1. The van der Waals surface area contributed by atoms with Crippen LogP contribution >= 0.6 is 16.5 Å². The summed E-state index contributed by atoms with van der Waals surface area (Å²) in [6, 6.07) is 15.9. The Morgan fingerprint density at radius 3 is 1.00 bits per heavy atom. The monoisotopic (exact) mass is 876 g/mol. The third-order valence-corrected chi connectivity index (χ3v) is 13.3. The SMILES string of the molecule is COc1cc(C(C)(C)C)c2op(O[C@H](C)C[C@@H](C)Op3oc4c(C(C)(C)C)cc(CO)cc4c4cc(CO)cc(C(C)(C)C)c4o3)oc3c(C(C)(C)C)cc(OC)cc3c2c1. The van der Waals surface area contributed by atoms with Crippen molar-refractivity contribution in [2.45, 2.75) is 150 Å². The van der Waals surface area contributed by atoms with Gasteiger partial charge in [-0.25, -0.2) is 0 Å². The molecule has 6 aromatic rings. The van der Waals surface area contributed by atoms with Crippen molar-refractivity contribution in [3.8, 4) is 11.5 Å². The number of hydrogen-bond donors (Lipinski definition) is 2. The molecule has 0 saturated carbocycles. The van der Waals surface area contributed by atoms with Crippen LogP contribution in [0.4, 0.5) is 0 Å². The molecule has 0 bridgehead atoms. The summed E-state index contributed by atoms with van der Waals surface area (Å²) in [5.74, 6) is 1.43. The molecule has 0 saturated heterocycles. The molecule has 0 unspecified atom stereocenters. The number of rotatable bonds is 10. The average molecular weight is 877 g/mol. The second kappa shape index (κ2) is 17.4. The Morgan fingerprint density at radius 1 is 0.459 bits per heavy atom. The van der Waals surface area contributed by atoms with Crippen LogP contribution in [0.25, 0.3) is 43.9 Å². The van der Waals surface area contributed by atoms with Crippen molar-refractivity contribution in [1.82, 2.24) is 0 Å². The Bertz CT molecular complexity index is 2300. The van der Waals surface area contributed by atoms with Crippen LogP contribution in [0.3, 0.4) is 0 Å². The lowest BCUT2D eigenvalue weighted by atomic mass is 9.83. The van der Waals surface area contributed by atoms with Gasteiger partial charge < -0.3 is 36.5 Å². The molecule has 0 radical (unpaired) electrons. The molecule has 0 aliphatic heterocycles. The maximum Gasteiger partial charge on any atom is 0.387 e. The molecule has 332 valence electrons. The van der Waals surface area contributed by atoms with Crippen molar-refractivity contribution in [3.63, 3.8) is 0 Å². The average Bonchev–Trinajstić information content (AvgIpc) is 3.41. The van der Waals surface area contributed by atoms with Crippen molar-refractivity contribution in [2.75, 3.05) is 14.2 Å². The van der Waals surface area contributed by atoms with Gasteiger partial charge in [0.15, 0.2) is 0 Å². The minimum absolute atomic E-state index is 0.136. The second-order valence-corrected chi connectivity index (χ2v) is 22.4. The third-order valence-electron chi connectivity index (χ3n) is 10.9. The molecule has 12 heteroatoms. The molecule has 2 aromatic heterocycles.